The van der Waals surface area contributed by atoms with Crippen molar-refractivity contribution in [2.24, 2.45) is 5.92 Å². The van der Waals surface area contributed by atoms with E-state index < -0.39 is 0 Å². The first-order valence-corrected chi connectivity index (χ1v) is 5.30. The third-order valence-electron chi connectivity index (χ3n) is 2.87. The molecule has 0 spiro atoms. The fraction of sp³-hybridized carbons (Fsp3) is 0.500. The molecule has 0 fully saturated rings. The van der Waals surface area contributed by atoms with E-state index in [1.165, 1.54) is 18.4 Å². The van der Waals surface area contributed by atoms with E-state index in [4.69, 9.17) is 9.47 Å². The zero-order valence-corrected chi connectivity index (χ0v) is 9.25. The van der Waals surface area contributed by atoms with Crippen LogP contribution in [0.1, 0.15) is 12.8 Å². The van der Waals surface area contributed by atoms with E-state index >= 15 is 0 Å². The minimum Gasteiger partial charge on any atom is -0.493 e. The molecule has 0 amide bonds. The molecule has 3 heteroatoms. The average Bonchev–Trinajstić information content (AvgIpc) is 2.51. The molecule has 0 radical (unpaired) electrons. The van der Waals surface area contributed by atoms with Gasteiger partial charge < -0.3 is 14.8 Å². The fourth-order valence-corrected chi connectivity index (χ4v) is 2.03. The summed E-state index contributed by atoms with van der Waals surface area (Å²) < 4.78 is 10.6. The Morgan fingerprint density at radius 1 is 1.27 bits per heavy atom. The molecule has 1 aliphatic carbocycles. The smallest absolute Gasteiger partial charge is 0.160 e. The Morgan fingerprint density at radius 3 is 2.80 bits per heavy atom. The molecule has 3 nitrogen and oxygen atoms in total. The third kappa shape index (κ3) is 2.01. The van der Waals surface area contributed by atoms with Gasteiger partial charge in [-0.15, -0.1) is 0 Å². The lowest BCUT2D eigenvalue weighted by atomic mass is 9.90. The van der Waals surface area contributed by atoms with Crippen LogP contribution in [-0.4, -0.2) is 20.8 Å². The molecule has 1 aliphatic heterocycles. The Morgan fingerprint density at radius 2 is 2.07 bits per heavy atom. The van der Waals surface area contributed by atoms with Gasteiger partial charge in [-0.05, 0) is 30.6 Å². The van der Waals surface area contributed by atoms with Gasteiger partial charge in [-0.2, -0.15) is 0 Å². The molecule has 0 bridgehead atoms. The van der Waals surface area contributed by atoms with Gasteiger partial charge in [0, 0.05) is 18.7 Å². The highest BCUT2D eigenvalue weighted by Crippen LogP contribution is 2.31. The molecule has 2 aliphatic rings. The summed E-state index contributed by atoms with van der Waals surface area (Å²) >= 11 is 0. The van der Waals surface area contributed by atoms with E-state index in [1.807, 2.05) is 0 Å². The first-order valence-electron chi connectivity index (χ1n) is 5.30. The van der Waals surface area contributed by atoms with Crippen LogP contribution in [0.3, 0.4) is 0 Å². The molecule has 82 valence electrons. The maximum atomic E-state index is 5.30. The fourth-order valence-electron chi connectivity index (χ4n) is 2.03. The topological polar surface area (TPSA) is 30.5 Å². The zero-order chi connectivity index (χ0) is 10.7. The van der Waals surface area contributed by atoms with Crippen LogP contribution in [0.2, 0.25) is 0 Å². The van der Waals surface area contributed by atoms with Crippen molar-refractivity contribution in [3.8, 4) is 0 Å². The molecule has 1 atom stereocenters. The zero-order valence-electron chi connectivity index (χ0n) is 9.25. The highest BCUT2D eigenvalue weighted by Gasteiger charge is 2.21. The second kappa shape index (κ2) is 4.43. The van der Waals surface area contributed by atoms with Crippen molar-refractivity contribution in [1.82, 2.24) is 5.32 Å². The normalized spacial score (nSPS) is 24.9. The molecule has 0 aromatic rings. The van der Waals surface area contributed by atoms with Crippen LogP contribution in [-0.2, 0) is 9.47 Å². The monoisotopic (exact) mass is 207 g/mol. The third-order valence-corrected chi connectivity index (χ3v) is 2.87. The van der Waals surface area contributed by atoms with Gasteiger partial charge in [0.2, 0.25) is 0 Å². The van der Waals surface area contributed by atoms with Crippen LogP contribution in [0.4, 0.5) is 0 Å². The highest BCUT2D eigenvalue weighted by molar-refractivity contribution is 5.39. The van der Waals surface area contributed by atoms with E-state index in [-0.39, 0.29) is 0 Å². The van der Waals surface area contributed by atoms with E-state index in [2.05, 4.69) is 23.7 Å². The molecule has 1 unspecified atom stereocenters. The summed E-state index contributed by atoms with van der Waals surface area (Å²) in [6.45, 7) is 1.05. The summed E-state index contributed by atoms with van der Waals surface area (Å²) in [7, 11) is 3.35. The number of nitrogens with one attached hydrogen (secondary N) is 1. The van der Waals surface area contributed by atoms with Crippen LogP contribution < -0.4 is 5.32 Å². The molecule has 1 N–H and O–H groups in total. The van der Waals surface area contributed by atoms with Gasteiger partial charge in [0.1, 0.15) is 0 Å². The SMILES string of the molecule is COC1=CC2=CNCCCC2C=C1OC. The minimum absolute atomic E-state index is 0.467. The van der Waals surface area contributed by atoms with Gasteiger partial charge >= 0.3 is 0 Å². The van der Waals surface area contributed by atoms with E-state index in [0.717, 1.165) is 18.1 Å². The maximum absolute atomic E-state index is 5.30. The second-order valence-corrected chi connectivity index (χ2v) is 3.79. The molecule has 15 heavy (non-hydrogen) atoms. The van der Waals surface area contributed by atoms with Crippen LogP contribution in [0.5, 0.6) is 0 Å². The van der Waals surface area contributed by atoms with E-state index in [0.29, 0.717) is 5.92 Å². The van der Waals surface area contributed by atoms with Crippen molar-refractivity contribution in [1.29, 1.82) is 0 Å². The molecule has 0 aromatic heterocycles. The maximum Gasteiger partial charge on any atom is 0.160 e. The van der Waals surface area contributed by atoms with Gasteiger partial charge in [-0.1, -0.05) is 0 Å². The summed E-state index contributed by atoms with van der Waals surface area (Å²) in [5.41, 5.74) is 1.28. The number of allylic oxidation sites excluding steroid dienone is 3. The molecule has 0 saturated carbocycles. The van der Waals surface area contributed by atoms with Gasteiger partial charge in [-0.3, -0.25) is 0 Å². The van der Waals surface area contributed by atoms with E-state index in [1.54, 1.807) is 14.2 Å². The van der Waals surface area contributed by atoms with E-state index in [9.17, 15) is 0 Å². The van der Waals surface area contributed by atoms with Crippen LogP contribution in [0.25, 0.3) is 0 Å². The number of ether oxygens (including phenoxy) is 2. The predicted molar refractivity (Wildman–Crippen MR) is 59.0 cm³/mol. The van der Waals surface area contributed by atoms with Crippen LogP contribution >= 0.6 is 0 Å². The van der Waals surface area contributed by atoms with Gasteiger partial charge in [0.15, 0.2) is 11.5 Å². The lowest BCUT2D eigenvalue weighted by Crippen LogP contribution is -2.10. The largest absolute Gasteiger partial charge is 0.493 e. The molecular weight excluding hydrogens is 190 g/mol. The van der Waals surface area contributed by atoms with Crippen LogP contribution in [0.15, 0.2) is 35.4 Å². The quantitative estimate of drug-likeness (QED) is 0.750. The number of methoxy groups -OCH3 is 2. The standard InChI is InChI=1S/C12H17NO2/c1-14-11-6-9-4-3-5-13-8-10(9)7-12(11)15-2/h6-9,13H,3-5H2,1-2H3. The molecule has 0 saturated heterocycles. The summed E-state index contributed by atoms with van der Waals surface area (Å²) in [6.07, 6.45) is 8.65. The Hall–Kier alpha value is -1.38. The first-order chi connectivity index (χ1) is 7.35. The Balaban J connectivity index is 2.29. The predicted octanol–water partition coefficient (Wildman–Crippen LogP) is 1.94. The van der Waals surface area contributed by atoms with Gasteiger partial charge in [-0.25, -0.2) is 0 Å². The van der Waals surface area contributed by atoms with Gasteiger partial charge in [0.25, 0.3) is 0 Å². The van der Waals surface area contributed by atoms with Crippen molar-refractivity contribution in [2.75, 3.05) is 20.8 Å². The average molecular weight is 207 g/mol. The minimum atomic E-state index is 0.467. The van der Waals surface area contributed by atoms with Crippen molar-refractivity contribution in [3.05, 3.63) is 35.4 Å². The summed E-state index contributed by atoms with van der Waals surface area (Å²) in [6, 6.07) is 0. The molecule has 0 aromatic carbocycles. The Kier molecular flexibility index (Phi) is 2.99. The van der Waals surface area contributed by atoms with Crippen molar-refractivity contribution < 1.29 is 9.47 Å². The van der Waals surface area contributed by atoms with Crippen LogP contribution in [0, 0.1) is 5.92 Å². The molecule has 1 heterocycles. The Labute approximate surface area is 90.5 Å². The number of rotatable bonds is 2. The molecule has 2 rings (SSSR count). The Bertz CT molecular complexity index is 329. The van der Waals surface area contributed by atoms with Crippen molar-refractivity contribution >= 4 is 0 Å². The second-order valence-electron chi connectivity index (χ2n) is 3.79. The molecular formula is C12H17NO2. The first kappa shape index (κ1) is 10.1. The summed E-state index contributed by atoms with van der Waals surface area (Å²) in [4.78, 5) is 0. The summed E-state index contributed by atoms with van der Waals surface area (Å²) in [5.74, 6) is 2.12. The number of hydrogen-bond donors (Lipinski definition) is 1. The highest BCUT2D eigenvalue weighted by atomic mass is 16.5. The lowest BCUT2D eigenvalue weighted by molar-refractivity contribution is 0.215. The van der Waals surface area contributed by atoms with Gasteiger partial charge in [0.05, 0.1) is 14.2 Å². The van der Waals surface area contributed by atoms with Crippen molar-refractivity contribution in [3.63, 3.8) is 0 Å². The lowest BCUT2D eigenvalue weighted by Gasteiger charge is -2.21. The van der Waals surface area contributed by atoms with Crippen molar-refractivity contribution in [2.45, 2.75) is 12.8 Å². The number of fused-ring (bicyclic) bond motifs is 1. The number of hydrogen-bond acceptors (Lipinski definition) is 3. The summed E-state index contributed by atoms with van der Waals surface area (Å²) in [5, 5.41) is 3.29.